The Hall–Kier alpha value is -1.06. The summed E-state index contributed by atoms with van der Waals surface area (Å²) in [6.45, 7) is 8.42. The molecule has 3 heteroatoms. The number of likely N-dealkylation sites (N-methyl/N-ethyl adjacent to an activating group) is 1. The van der Waals surface area contributed by atoms with Gasteiger partial charge < -0.3 is 15.8 Å². The molecule has 1 aromatic rings. The Bertz CT molecular complexity index is 394. The number of methoxy groups -OCH3 is 1. The zero-order chi connectivity index (χ0) is 13.9. The summed E-state index contributed by atoms with van der Waals surface area (Å²) < 4.78 is 5.46. The maximum atomic E-state index is 6.25. The molecule has 0 aliphatic heterocycles. The molecule has 0 aromatic heterocycles. The topological polar surface area (TPSA) is 47.3 Å². The molecule has 0 aliphatic rings. The molecule has 0 saturated carbocycles. The fourth-order valence-electron chi connectivity index (χ4n) is 2.27. The van der Waals surface area contributed by atoms with Gasteiger partial charge in [-0.1, -0.05) is 26.0 Å². The highest BCUT2D eigenvalue weighted by molar-refractivity contribution is 5.41. The number of nitrogens with one attached hydrogen (secondary N) is 1. The van der Waals surface area contributed by atoms with Gasteiger partial charge in [-0.3, -0.25) is 0 Å². The van der Waals surface area contributed by atoms with Crippen LogP contribution in [0.1, 0.15) is 50.8 Å². The van der Waals surface area contributed by atoms with Gasteiger partial charge in [-0.2, -0.15) is 0 Å². The summed E-state index contributed by atoms with van der Waals surface area (Å²) in [6, 6.07) is 6.40. The van der Waals surface area contributed by atoms with E-state index in [-0.39, 0.29) is 11.6 Å². The Morgan fingerprint density at radius 1 is 1.28 bits per heavy atom. The van der Waals surface area contributed by atoms with Gasteiger partial charge in [-0.15, -0.1) is 0 Å². The Morgan fingerprint density at radius 2 is 1.89 bits per heavy atom. The van der Waals surface area contributed by atoms with Gasteiger partial charge in [0.05, 0.1) is 13.2 Å². The van der Waals surface area contributed by atoms with Crippen LogP contribution in [0.15, 0.2) is 18.2 Å². The van der Waals surface area contributed by atoms with Gasteiger partial charge in [0.25, 0.3) is 0 Å². The van der Waals surface area contributed by atoms with Crippen LogP contribution >= 0.6 is 0 Å². The molecule has 0 spiro atoms. The first kappa shape index (κ1) is 15.0. The summed E-state index contributed by atoms with van der Waals surface area (Å²) >= 11 is 0. The van der Waals surface area contributed by atoms with Crippen molar-refractivity contribution in [2.24, 2.45) is 5.73 Å². The second-order valence-corrected chi connectivity index (χ2v) is 5.70. The highest BCUT2D eigenvalue weighted by Crippen LogP contribution is 2.33. The standard InChI is InChI=1S/C15H26N2O/c1-10(2)11-7-8-13(18-6)12(9-11)14(17-5)15(3,4)16/h7-10,14,17H,16H2,1-6H3. The lowest BCUT2D eigenvalue weighted by atomic mass is 9.87. The minimum Gasteiger partial charge on any atom is -0.496 e. The average molecular weight is 250 g/mol. The minimum absolute atomic E-state index is 0.0612. The molecular formula is C15H26N2O. The van der Waals surface area contributed by atoms with E-state index in [4.69, 9.17) is 10.5 Å². The van der Waals surface area contributed by atoms with E-state index in [0.29, 0.717) is 5.92 Å². The van der Waals surface area contributed by atoms with Crippen molar-refractivity contribution in [3.63, 3.8) is 0 Å². The Labute approximate surface area is 111 Å². The maximum absolute atomic E-state index is 6.25. The van der Waals surface area contributed by atoms with Crippen LogP contribution < -0.4 is 15.8 Å². The molecule has 102 valence electrons. The molecule has 3 N–H and O–H groups in total. The predicted molar refractivity (Wildman–Crippen MR) is 77.2 cm³/mol. The quantitative estimate of drug-likeness (QED) is 0.844. The molecule has 1 unspecified atom stereocenters. The molecule has 3 nitrogen and oxygen atoms in total. The number of rotatable bonds is 5. The van der Waals surface area contributed by atoms with Gasteiger partial charge in [0.1, 0.15) is 5.75 Å². The summed E-state index contributed by atoms with van der Waals surface area (Å²) in [7, 11) is 3.63. The van der Waals surface area contributed by atoms with Crippen molar-refractivity contribution in [2.75, 3.05) is 14.2 Å². The van der Waals surface area contributed by atoms with E-state index in [2.05, 4.69) is 31.3 Å². The SMILES string of the molecule is CNC(c1cc(C(C)C)ccc1OC)C(C)(C)N. The van der Waals surface area contributed by atoms with Crippen molar-refractivity contribution in [3.8, 4) is 5.75 Å². The van der Waals surface area contributed by atoms with Crippen molar-refractivity contribution in [1.29, 1.82) is 0 Å². The second kappa shape index (κ2) is 5.72. The molecule has 0 amide bonds. The van der Waals surface area contributed by atoms with Crippen LogP contribution in [-0.2, 0) is 0 Å². The first-order chi connectivity index (χ1) is 8.31. The van der Waals surface area contributed by atoms with E-state index in [1.54, 1.807) is 7.11 Å². The van der Waals surface area contributed by atoms with Crippen LogP contribution in [0.25, 0.3) is 0 Å². The molecule has 0 heterocycles. The third-order valence-corrected chi connectivity index (χ3v) is 3.26. The van der Waals surface area contributed by atoms with Crippen LogP contribution in [-0.4, -0.2) is 19.7 Å². The molecule has 1 rings (SSSR count). The first-order valence-electron chi connectivity index (χ1n) is 6.45. The maximum Gasteiger partial charge on any atom is 0.123 e. The summed E-state index contributed by atoms with van der Waals surface area (Å²) in [4.78, 5) is 0. The van der Waals surface area contributed by atoms with E-state index in [9.17, 15) is 0 Å². The molecule has 0 bridgehead atoms. The minimum atomic E-state index is -0.350. The fourth-order valence-corrected chi connectivity index (χ4v) is 2.27. The van der Waals surface area contributed by atoms with E-state index < -0.39 is 0 Å². The molecule has 0 saturated heterocycles. The average Bonchev–Trinajstić information content (AvgIpc) is 2.27. The van der Waals surface area contributed by atoms with Crippen molar-refractivity contribution in [1.82, 2.24) is 5.32 Å². The van der Waals surface area contributed by atoms with Gasteiger partial charge in [0.15, 0.2) is 0 Å². The van der Waals surface area contributed by atoms with Crippen molar-refractivity contribution < 1.29 is 4.74 Å². The summed E-state index contributed by atoms with van der Waals surface area (Å²) in [5.74, 6) is 1.38. The molecule has 1 atom stereocenters. The number of hydrogen-bond donors (Lipinski definition) is 2. The zero-order valence-corrected chi connectivity index (χ0v) is 12.4. The number of ether oxygens (including phenoxy) is 1. The normalized spacial score (nSPS) is 13.8. The summed E-state index contributed by atoms with van der Waals surface area (Å²) in [6.07, 6.45) is 0. The van der Waals surface area contributed by atoms with Gasteiger partial charge in [0.2, 0.25) is 0 Å². The molecular weight excluding hydrogens is 224 g/mol. The van der Waals surface area contributed by atoms with Crippen LogP contribution in [0.2, 0.25) is 0 Å². The molecule has 0 fully saturated rings. The van der Waals surface area contributed by atoms with Crippen LogP contribution in [0.5, 0.6) is 5.75 Å². The number of nitrogens with two attached hydrogens (primary N) is 1. The smallest absolute Gasteiger partial charge is 0.123 e. The van der Waals surface area contributed by atoms with Crippen molar-refractivity contribution in [3.05, 3.63) is 29.3 Å². The van der Waals surface area contributed by atoms with E-state index >= 15 is 0 Å². The number of benzene rings is 1. The summed E-state index contributed by atoms with van der Waals surface area (Å²) in [5, 5.41) is 3.29. The highest BCUT2D eigenvalue weighted by atomic mass is 16.5. The molecule has 18 heavy (non-hydrogen) atoms. The lowest BCUT2D eigenvalue weighted by Gasteiger charge is -2.32. The third kappa shape index (κ3) is 3.24. The largest absolute Gasteiger partial charge is 0.496 e. The lowest BCUT2D eigenvalue weighted by molar-refractivity contribution is 0.346. The predicted octanol–water partition coefficient (Wildman–Crippen LogP) is 2.82. The van der Waals surface area contributed by atoms with Crippen molar-refractivity contribution >= 4 is 0 Å². The lowest BCUT2D eigenvalue weighted by Crippen LogP contribution is -2.45. The highest BCUT2D eigenvalue weighted by Gasteiger charge is 2.28. The number of hydrogen-bond acceptors (Lipinski definition) is 3. The third-order valence-electron chi connectivity index (χ3n) is 3.26. The Morgan fingerprint density at radius 3 is 2.28 bits per heavy atom. The fraction of sp³-hybridized carbons (Fsp3) is 0.600. The van der Waals surface area contributed by atoms with E-state index in [1.807, 2.05) is 27.0 Å². The Kier molecular flexibility index (Phi) is 4.77. The van der Waals surface area contributed by atoms with Gasteiger partial charge in [-0.05, 0) is 38.4 Å². The van der Waals surface area contributed by atoms with E-state index in [0.717, 1.165) is 11.3 Å². The Balaban J connectivity index is 3.30. The first-order valence-corrected chi connectivity index (χ1v) is 6.45. The van der Waals surface area contributed by atoms with Crippen LogP contribution in [0, 0.1) is 0 Å². The van der Waals surface area contributed by atoms with Crippen LogP contribution in [0.4, 0.5) is 0 Å². The zero-order valence-electron chi connectivity index (χ0n) is 12.4. The molecule has 1 aromatic carbocycles. The second-order valence-electron chi connectivity index (χ2n) is 5.70. The van der Waals surface area contributed by atoms with Gasteiger partial charge >= 0.3 is 0 Å². The van der Waals surface area contributed by atoms with Crippen molar-refractivity contribution in [2.45, 2.75) is 45.2 Å². The van der Waals surface area contributed by atoms with Crippen LogP contribution in [0.3, 0.4) is 0 Å². The van der Waals surface area contributed by atoms with E-state index in [1.165, 1.54) is 5.56 Å². The van der Waals surface area contributed by atoms with Gasteiger partial charge in [-0.25, -0.2) is 0 Å². The monoisotopic (exact) mass is 250 g/mol. The van der Waals surface area contributed by atoms with Gasteiger partial charge in [0, 0.05) is 11.1 Å². The molecule has 0 radical (unpaired) electrons. The molecule has 0 aliphatic carbocycles. The summed E-state index contributed by atoms with van der Waals surface area (Å²) in [5.41, 5.74) is 8.33.